The Morgan fingerprint density at radius 1 is 1.29 bits per heavy atom. The Labute approximate surface area is 83.6 Å². The van der Waals surface area contributed by atoms with Gasteiger partial charge >= 0.3 is 0 Å². The largest absolute Gasteiger partial charge is 0.508 e. The van der Waals surface area contributed by atoms with E-state index >= 15 is 0 Å². The van der Waals surface area contributed by atoms with Crippen LogP contribution in [-0.2, 0) is 0 Å². The van der Waals surface area contributed by atoms with Crippen LogP contribution in [0.3, 0.4) is 0 Å². The van der Waals surface area contributed by atoms with Gasteiger partial charge in [0.1, 0.15) is 11.9 Å². The first-order valence-corrected chi connectivity index (χ1v) is 5.18. The molecule has 1 saturated carbocycles. The van der Waals surface area contributed by atoms with Gasteiger partial charge in [-0.2, -0.15) is 0 Å². The molecule has 0 radical (unpaired) electrons. The Morgan fingerprint density at radius 3 is 2.86 bits per heavy atom. The molecule has 1 N–H and O–H groups in total. The molecule has 2 rings (SSSR count). The van der Waals surface area contributed by atoms with Crippen LogP contribution >= 0.6 is 0 Å². The Bertz CT molecular complexity index is 311. The molecule has 0 bridgehead atoms. The summed E-state index contributed by atoms with van der Waals surface area (Å²) in [6.07, 6.45) is 2.67. The zero-order valence-corrected chi connectivity index (χ0v) is 8.12. The van der Waals surface area contributed by atoms with Gasteiger partial charge in [-0.25, -0.2) is 4.39 Å². The maximum Gasteiger partial charge on any atom is 0.115 e. The minimum atomic E-state index is -0.656. The highest BCUT2D eigenvalue weighted by atomic mass is 19.1. The standard InChI is InChI=1S/C12H15FO/c13-11-5-1-3-9(7-11)10-4-2-6-12(14)8-10/h2,4,6,8-9,11,14H,1,3,5,7H2. The monoisotopic (exact) mass is 194 g/mol. The van der Waals surface area contributed by atoms with E-state index in [2.05, 4.69) is 0 Å². The van der Waals surface area contributed by atoms with Gasteiger partial charge in [-0.15, -0.1) is 0 Å². The molecular formula is C12H15FO. The average molecular weight is 194 g/mol. The quantitative estimate of drug-likeness (QED) is 0.726. The lowest BCUT2D eigenvalue weighted by Gasteiger charge is -2.24. The molecule has 1 aromatic carbocycles. The van der Waals surface area contributed by atoms with Crippen molar-refractivity contribution in [1.82, 2.24) is 0 Å². The lowest BCUT2D eigenvalue weighted by atomic mass is 9.83. The van der Waals surface area contributed by atoms with E-state index in [-0.39, 0.29) is 5.75 Å². The molecular weight excluding hydrogens is 179 g/mol. The lowest BCUT2D eigenvalue weighted by molar-refractivity contribution is 0.231. The van der Waals surface area contributed by atoms with E-state index in [0.717, 1.165) is 18.4 Å². The van der Waals surface area contributed by atoms with E-state index in [1.807, 2.05) is 12.1 Å². The van der Waals surface area contributed by atoms with Crippen LogP contribution in [0.4, 0.5) is 4.39 Å². The van der Waals surface area contributed by atoms with E-state index in [9.17, 15) is 9.50 Å². The number of phenols is 1. The van der Waals surface area contributed by atoms with Crippen molar-refractivity contribution in [3.8, 4) is 5.75 Å². The molecule has 2 atom stereocenters. The van der Waals surface area contributed by atoms with Crippen LogP contribution in [0.5, 0.6) is 5.75 Å². The summed E-state index contributed by atoms with van der Waals surface area (Å²) in [4.78, 5) is 0. The Hall–Kier alpha value is -1.05. The highest BCUT2D eigenvalue weighted by Crippen LogP contribution is 2.35. The van der Waals surface area contributed by atoms with Crippen LogP contribution in [0, 0.1) is 0 Å². The van der Waals surface area contributed by atoms with Gasteiger partial charge in [-0.3, -0.25) is 0 Å². The van der Waals surface area contributed by atoms with Gasteiger partial charge in [0.25, 0.3) is 0 Å². The fourth-order valence-corrected chi connectivity index (χ4v) is 2.21. The van der Waals surface area contributed by atoms with E-state index < -0.39 is 6.17 Å². The summed E-state index contributed by atoms with van der Waals surface area (Å²) in [5.41, 5.74) is 1.08. The summed E-state index contributed by atoms with van der Waals surface area (Å²) in [5.74, 6) is 0.578. The van der Waals surface area contributed by atoms with E-state index in [0.29, 0.717) is 18.8 Å². The second kappa shape index (κ2) is 3.99. The molecule has 1 aliphatic rings. The second-order valence-corrected chi connectivity index (χ2v) is 4.06. The molecule has 0 amide bonds. The van der Waals surface area contributed by atoms with Crippen LogP contribution in [-0.4, -0.2) is 11.3 Å². The minimum Gasteiger partial charge on any atom is -0.508 e. The highest BCUT2D eigenvalue weighted by Gasteiger charge is 2.22. The molecule has 1 aromatic rings. The van der Waals surface area contributed by atoms with Gasteiger partial charge < -0.3 is 5.11 Å². The van der Waals surface area contributed by atoms with E-state index in [1.165, 1.54) is 0 Å². The van der Waals surface area contributed by atoms with Crippen LogP contribution in [0.15, 0.2) is 24.3 Å². The summed E-state index contributed by atoms with van der Waals surface area (Å²) in [6, 6.07) is 7.21. The lowest BCUT2D eigenvalue weighted by Crippen LogP contribution is -2.14. The first kappa shape index (κ1) is 9.50. The summed E-state index contributed by atoms with van der Waals surface area (Å²) in [6.45, 7) is 0. The van der Waals surface area contributed by atoms with E-state index in [1.54, 1.807) is 12.1 Å². The van der Waals surface area contributed by atoms with Crippen molar-refractivity contribution in [1.29, 1.82) is 0 Å². The van der Waals surface area contributed by atoms with Crippen LogP contribution in [0.25, 0.3) is 0 Å². The molecule has 14 heavy (non-hydrogen) atoms. The van der Waals surface area contributed by atoms with Crippen molar-refractivity contribution in [3.05, 3.63) is 29.8 Å². The maximum absolute atomic E-state index is 13.2. The first-order valence-electron chi connectivity index (χ1n) is 5.18. The number of hydrogen-bond donors (Lipinski definition) is 1. The zero-order valence-electron chi connectivity index (χ0n) is 8.12. The van der Waals surface area contributed by atoms with Gasteiger partial charge in [0.15, 0.2) is 0 Å². The molecule has 76 valence electrons. The third-order valence-electron chi connectivity index (χ3n) is 2.95. The predicted molar refractivity (Wildman–Crippen MR) is 54.2 cm³/mol. The second-order valence-electron chi connectivity index (χ2n) is 4.06. The van der Waals surface area contributed by atoms with Gasteiger partial charge in [0.2, 0.25) is 0 Å². The number of hydrogen-bond acceptors (Lipinski definition) is 1. The van der Waals surface area contributed by atoms with Gasteiger partial charge in [0, 0.05) is 0 Å². The number of aromatic hydroxyl groups is 1. The average Bonchev–Trinajstić information content (AvgIpc) is 2.18. The predicted octanol–water partition coefficient (Wildman–Crippen LogP) is 3.39. The fraction of sp³-hybridized carbons (Fsp3) is 0.500. The number of rotatable bonds is 1. The summed E-state index contributed by atoms with van der Waals surface area (Å²) >= 11 is 0. The molecule has 0 aromatic heterocycles. The number of benzene rings is 1. The molecule has 0 heterocycles. The van der Waals surface area contributed by atoms with Crippen molar-refractivity contribution < 1.29 is 9.50 Å². The van der Waals surface area contributed by atoms with Crippen LogP contribution < -0.4 is 0 Å². The number of alkyl halides is 1. The maximum atomic E-state index is 13.2. The molecule has 2 heteroatoms. The number of halogens is 1. The Balaban J connectivity index is 2.14. The molecule has 1 nitrogen and oxygen atoms in total. The van der Waals surface area contributed by atoms with Crippen LogP contribution in [0.2, 0.25) is 0 Å². The highest BCUT2D eigenvalue weighted by molar-refractivity contribution is 5.30. The van der Waals surface area contributed by atoms with Crippen molar-refractivity contribution >= 4 is 0 Å². The molecule has 0 saturated heterocycles. The summed E-state index contributed by atoms with van der Waals surface area (Å²) in [5, 5.41) is 9.32. The molecule has 0 aliphatic heterocycles. The smallest absolute Gasteiger partial charge is 0.115 e. The molecule has 0 spiro atoms. The normalized spacial score (nSPS) is 27.5. The molecule has 1 fully saturated rings. The molecule has 1 aliphatic carbocycles. The zero-order chi connectivity index (χ0) is 9.97. The number of phenolic OH excluding ortho intramolecular Hbond substituents is 1. The Kier molecular flexibility index (Phi) is 2.71. The van der Waals surface area contributed by atoms with Crippen LogP contribution in [0.1, 0.15) is 37.2 Å². The summed E-state index contributed by atoms with van der Waals surface area (Å²) < 4.78 is 13.2. The molecule has 2 unspecified atom stereocenters. The Morgan fingerprint density at radius 2 is 2.14 bits per heavy atom. The minimum absolute atomic E-state index is 0.281. The third-order valence-corrected chi connectivity index (χ3v) is 2.95. The fourth-order valence-electron chi connectivity index (χ4n) is 2.21. The van der Waals surface area contributed by atoms with Crippen molar-refractivity contribution in [3.63, 3.8) is 0 Å². The van der Waals surface area contributed by atoms with E-state index in [4.69, 9.17) is 0 Å². The van der Waals surface area contributed by atoms with Crippen molar-refractivity contribution in [2.75, 3.05) is 0 Å². The third kappa shape index (κ3) is 2.06. The van der Waals surface area contributed by atoms with Gasteiger partial charge in [-0.1, -0.05) is 12.1 Å². The topological polar surface area (TPSA) is 20.2 Å². The summed E-state index contributed by atoms with van der Waals surface area (Å²) in [7, 11) is 0. The SMILES string of the molecule is Oc1cccc(C2CCCC(F)C2)c1. The van der Waals surface area contributed by atoms with Crippen molar-refractivity contribution in [2.45, 2.75) is 37.8 Å². The van der Waals surface area contributed by atoms with Crippen molar-refractivity contribution in [2.24, 2.45) is 0 Å². The first-order chi connectivity index (χ1) is 6.75. The van der Waals surface area contributed by atoms with Gasteiger partial charge in [-0.05, 0) is 49.3 Å². The van der Waals surface area contributed by atoms with Gasteiger partial charge in [0.05, 0.1) is 0 Å².